The van der Waals surface area contributed by atoms with Crippen LogP contribution in [0, 0.1) is 5.92 Å². The summed E-state index contributed by atoms with van der Waals surface area (Å²) in [6.07, 6.45) is 2.04. The first-order valence-corrected chi connectivity index (χ1v) is 7.87. The fourth-order valence-electron chi connectivity index (χ4n) is 3.38. The van der Waals surface area contributed by atoms with Crippen LogP contribution in [0.4, 0.5) is 0 Å². The lowest BCUT2D eigenvalue weighted by molar-refractivity contribution is -0.144. The molecule has 0 radical (unpaired) electrons. The van der Waals surface area contributed by atoms with Gasteiger partial charge in [-0.15, -0.1) is 11.8 Å². The number of rotatable bonds is 2. The molecule has 0 spiro atoms. The fourth-order valence-corrected chi connectivity index (χ4v) is 4.49. The van der Waals surface area contributed by atoms with Gasteiger partial charge in [-0.2, -0.15) is 0 Å². The molecule has 3 unspecified atom stereocenters. The van der Waals surface area contributed by atoms with Crippen LogP contribution < -0.4 is 0 Å². The largest absolute Gasteiger partial charge is 0.480 e. The van der Waals surface area contributed by atoms with Crippen molar-refractivity contribution in [3.63, 3.8) is 0 Å². The van der Waals surface area contributed by atoms with Crippen LogP contribution in [-0.2, 0) is 4.79 Å². The van der Waals surface area contributed by atoms with E-state index < -0.39 is 5.97 Å². The maximum absolute atomic E-state index is 11.5. The smallest absolute Gasteiger partial charge is 0.321 e. The SMILES string of the molecule is CC1CCN(C2CCSc3ccccc32)C1C(=O)O. The molecular formula is C15H19NO2S. The third-order valence-electron chi connectivity index (χ3n) is 4.32. The highest BCUT2D eigenvalue weighted by molar-refractivity contribution is 7.99. The van der Waals surface area contributed by atoms with Crippen molar-refractivity contribution in [2.45, 2.75) is 36.7 Å². The van der Waals surface area contributed by atoms with Crippen molar-refractivity contribution >= 4 is 17.7 Å². The van der Waals surface area contributed by atoms with E-state index in [0.717, 1.165) is 25.1 Å². The molecule has 2 heterocycles. The van der Waals surface area contributed by atoms with Gasteiger partial charge in [0.1, 0.15) is 6.04 Å². The quantitative estimate of drug-likeness (QED) is 0.902. The maximum atomic E-state index is 11.5. The van der Waals surface area contributed by atoms with Crippen LogP contribution in [0.1, 0.15) is 31.4 Å². The highest BCUT2D eigenvalue weighted by Gasteiger charge is 2.41. The zero-order valence-electron chi connectivity index (χ0n) is 11.1. The van der Waals surface area contributed by atoms with Crippen LogP contribution in [0.2, 0.25) is 0 Å². The lowest BCUT2D eigenvalue weighted by atomic mass is 9.98. The van der Waals surface area contributed by atoms with E-state index in [1.54, 1.807) is 0 Å². The van der Waals surface area contributed by atoms with Crippen LogP contribution in [0.25, 0.3) is 0 Å². The molecule has 3 nitrogen and oxygen atoms in total. The molecule has 0 aliphatic carbocycles. The normalized spacial score (nSPS) is 31.1. The molecule has 1 fully saturated rings. The summed E-state index contributed by atoms with van der Waals surface area (Å²) < 4.78 is 0. The average Bonchev–Trinajstić information content (AvgIpc) is 2.80. The minimum Gasteiger partial charge on any atom is -0.480 e. The summed E-state index contributed by atoms with van der Waals surface area (Å²) in [6, 6.07) is 8.41. The molecule has 1 saturated heterocycles. The molecule has 0 aromatic heterocycles. The van der Waals surface area contributed by atoms with E-state index in [2.05, 4.69) is 36.1 Å². The molecule has 2 aliphatic heterocycles. The summed E-state index contributed by atoms with van der Waals surface area (Å²) in [4.78, 5) is 15.1. The third-order valence-corrected chi connectivity index (χ3v) is 5.44. The molecule has 1 aromatic carbocycles. The number of likely N-dealkylation sites (tertiary alicyclic amines) is 1. The van der Waals surface area contributed by atoms with Gasteiger partial charge in [0.2, 0.25) is 0 Å². The van der Waals surface area contributed by atoms with Gasteiger partial charge in [-0.1, -0.05) is 25.1 Å². The second kappa shape index (κ2) is 5.17. The first kappa shape index (κ1) is 13.0. The molecule has 0 amide bonds. The highest BCUT2D eigenvalue weighted by atomic mass is 32.2. The van der Waals surface area contributed by atoms with Gasteiger partial charge in [0.15, 0.2) is 0 Å². The summed E-state index contributed by atoms with van der Waals surface area (Å²) in [5.41, 5.74) is 1.32. The fraction of sp³-hybridized carbons (Fsp3) is 0.533. The summed E-state index contributed by atoms with van der Waals surface area (Å²) in [5.74, 6) is 0.666. The predicted molar refractivity (Wildman–Crippen MR) is 76.4 cm³/mol. The van der Waals surface area contributed by atoms with E-state index in [-0.39, 0.29) is 18.0 Å². The molecule has 3 atom stereocenters. The molecule has 1 aromatic rings. The number of hydrogen-bond acceptors (Lipinski definition) is 3. The van der Waals surface area contributed by atoms with Gasteiger partial charge in [0, 0.05) is 10.9 Å². The van der Waals surface area contributed by atoms with Gasteiger partial charge >= 0.3 is 5.97 Å². The van der Waals surface area contributed by atoms with Crippen molar-refractivity contribution in [2.75, 3.05) is 12.3 Å². The Bertz CT molecular complexity index is 491. The molecule has 4 heteroatoms. The molecule has 102 valence electrons. The lowest BCUT2D eigenvalue weighted by Crippen LogP contribution is -2.42. The Balaban J connectivity index is 1.93. The number of hydrogen-bond donors (Lipinski definition) is 1. The monoisotopic (exact) mass is 277 g/mol. The van der Waals surface area contributed by atoms with Crippen molar-refractivity contribution in [1.29, 1.82) is 0 Å². The van der Waals surface area contributed by atoms with Gasteiger partial charge in [-0.25, -0.2) is 0 Å². The molecule has 3 rings (SSSR count). The van der Waals surface area contributed by atoms with Crippen molar-refractivity contribution in [3.8, 4) is 0 Å². The van der Waals surface area contributed by atoms with Crippen molar-refractivity contribution < 1.29 is 9.90 Å². The van der Waals surface area contributed by atoms with Gasteiger partial charge in [-0.3, -0.25) is 9.69 Å². The number of thioether (sulfide) groups is 1. The molecule has 2 aliphatic rings. The molecule has 19 heavy (non-hydrogen) atoms. The van der Waals surface area contributed by atoms with Gasteiger partial charge < -0.3 is 5.11 Å². The summed E-state index contributed by atoms with van der Waals surface area (Å²) >= 11 is 1.89. The summed E-state index contributed by atoms with van der Waals surface area (Å²) in [6.45, 7) is 2.96. The molecule has 0 saturated carbocycles. The average molecular weight is 277 g/mol. The second-order valence-corrected chi connectivity index (χ2v) is 6.61. The molecule has 0 bridgehead atoms. The van der Waals surface area contributed by atoms with E-state index in [9.17, 15) is 9.90 Å². The maximum Gasteiger partial charge on any atom is 0.321 e. The lowest BCUT2D eigenvalue weighted by Gasteiger charge is -2.35. The number of benzene rings is 1. The second-order valence-electron chi connectivity index (χ2n) is 5.48. The van der Waals surface area contributed by atoms with Crippen molar-refractivity contribution in [2.24, 2.45) is 5.92 Å². The van der Waals surface area contributed by atoms with Crippen LogP contribution in [-0.4, -0.2) is 34.3 Å². The Labute approximate surface area is 118 Å². The Hall–Kier alpha value is -1.00. The predicted octanol–water partition coefficient (Wildman–Crippen LogP) is 3.02. The zero-order valence-corrected chi connectivity index (χ0v) is 11.9. The minimum atomic E-state index is -0.666. The Morgan fingerprint density at radius 2 is 2.16 bits per heavy atom. The van der Waals surface area contributed by atoms with Crippen molar-refractivity contribution in [1.82, 2.24) is 4.90 Å². The number of nitrogens with zero attached hydrogens (tertiary/aromatic N) is 1. The van der Waals surface area contributed by atoms with E-state index in [1.165, 1.54) is 10.5 Å². The number of aliphatic carboxylic acids is 1. The minimum absolute atomic E-state index is 0.249. The first-order chi connectivity index (χ1) is 9.18. The topological polar surface area (TPSA) is 40.5 Å². The number of carbonyl (C=O) groups is 1. The van der Waals surface area contributed by atoms with Gasteiger partial charge in [-0.05, 0) is 42.7 Å². The summed E-state index contributed by atoms with van der Waals surface area (Å²) in [5, 5.41) is 9.49. The van der Waals surface area contributed by atoms with E-state index in [1.807, 2.05) is 11.8 Å². The Kier molecular flexibility index (Phi) is 3.54. The number of carboxylic acid groups (broad SMARTS) is 1. The van der Waals surface area contributed by atoms with Crippen LogP contribution in [0.5, 0.6) is 0 Å². The highest BCUT2D eigenvalue weighted by Crippen LogP contribution is 2.42. The van der Waals surface area contributed by atoms with Crippen LogP contribution in [0.3, 0.4) is 0 Å². The van der Waals surface area contributed by atoms with Crippen LogP contribution >= 0.6 is 11.8 Å². The van der Waals surface area contributed by atoms with Gasteiger partial charge in [0.25, 0.3) is 0 Å². The van der Waals surface area contributed by atoms with Gasteiger partial charge in [0.05, 0.1) is 0 Å². The van der Waals surface area contributed by atoms with Crippen LogP contribution in [0.15, 0.2) is 29.2 Å². The van der Waals surface area contributed by atoms with E-state index in [4.69, 9.17) is 0 Å². The van der Waals surface area contributed by atoms with Crippen molar-refractivity contribution in [3.05, 3.63) is 29.8 Å². The summed E-state index contributed by atoms with van der Waals surface area (Å²) in [7, 11) is 0. The Morgan fingerprint density at radius 3 is 2.95 bits per heavy atom. The Morgan fingerprint density at radius 1 is 1.37 bits per heavy atom. The number of carboxylic acids is 1. The number of fused-ring (bicyclic) bond motifs is 1. The first-order valence-electron chi connectivity index (χ1n) is 6.89. The zero-order chi connectivity index (χ0) is 13.4. The molecular weight excluding hydrogens is 258 g/mol. The third kappa shape index (κ3) is 2.28. The standard InChI is InChI=1S/C15H19NO2S/c1-10-6-8-16(14(10)15(17)18)12-7-9-19-13-5-3-2-4-11(12)13/h2-5,10,12,14H,6-9H2,1H3,(H,17,18). The molecule has 1 N–H and O–H groups in total. The van der Waals surface area contributed by atoms with E-state index >= 15 is 0 Å². The van der Waals surface area contributed by atoms with E-state index in [0.29, 0.717) is 0 Å².